The van der Waals surface area contributed by atoms with E-state index >= 15 is 0 Å². The van der Waals surface area contributed by atoms with Gasteiger partial charge in [0.25, 0.3) is 0 Å². The number of aryl methyl sites for hydroxylation is 1. The standard InChI is InChI=1S/C28H36N4O4/c1-5-35-22-12-10-21(11-13-22)26-25(27(33)36-6-2)23(29-28(34)30-26)18-31-14-16-32(17-15-31)24-9-7-8-19(3)20(24)4/h7-13,26H,5-6,14-18H2,1-4H3,(H2,29,30,34)/t26-/m1/s1. The zero-order valence-corrected chi connectivity index (χ0v) is 21.6. The summed E-state index contributed by atoms with van der Waals surface area (Å²) in [6.45, 7) is 12.7. The van der Waals surface area contributed by atoms with Crippen LogP contribution in [-0.2, 0) is 9.53 Å². The van der Waals surface area contributed by atoms with Crippen LogP contribution in [0.5, 0.6) is 5.75 Å². The molecule has 4 rings (SSSR count). The number of piperazine rings is 1. The van der Waals surface area contributed by atoms with E-state index in [0.29, 0.717) is 24.4 Å². The van der Waals surface area contributed by atoms with Crippen LogP contribution in [-0.4, -0.2) is 62.8 Å². The molecule has 0 aliphatic carbocycles. The van der Waals surface area contributed by atoms with E-state index in [4.69, 9.17) is 9.47 Å². The third-order valence-corrected chi connectivity index (χ3v) is 6.84. The van der Waals surface area contributed by atoms with Gasteiger partial charge in [0.2, 0.25) is 0 Å². The number of carbonyl (C=O) groups is 2. The number of benzene rings is 2. The highest BCUT2D eigenvalue weighted by Crippen LogP contribution is 2.30. The molecule has 0 spiro atoms. The van der Waals surface area contributed by atoms with E-state index < -0.39 is 12.0 Å². The van der Waals surface area contributed by atoms with Crippen molar-refractivity contribution in [1.29, 1.82) is 0 Å². The lowest BCUT2D eigenvalue weighted by Gasteiger charge is -2.38. The zero-order chi connectivity index (χ0) is 25.7. The second-order valence-electron chi connectivity index (χ2n) is 9.13. The van der Waals surface area contributed by atoms with Crippen LogP contribution in [0.15, 0.2) is 53.7 Å². The zero-order valence-electron chi connectivity index (χ0n) is 21.6. The van der Waals surface area contributed by atoms with E-state index in [9.17, 15) is 9.59 Å². The van der Waals surface area contributed by atoms with Crippen molar-refractivity contribution in [1.82, 2.24) is 15.5 Å². The monoisotopic (exact) mass is 492 g/mol. The summed E-state index contributed by atoms with van der Waals surface area (Å²) in [6.07, 6.45) is 0. The molecule has 192 valence electrons. The van der Waals surface area contributed by atoms with Crippen LogP contribution >= 0.6 is 0 Å². The van der Waals surface area contributed by atoms with E-state index in [0.717, 1.165) is 37.5 Å². The van der Waals surface area contributed by atoms with Crippen LogP contribution in [0, 0.1) is 13.8 Å². The Morgan fingerprint density at radius 2 is 1.72 bits per heavy atom. The summed E-state index contributed by atoms with van der Waals surface area (Å²) in [5.41, 5.74) is 5.70. The summed E-state index contributed by atoms with van der Waals surface area (Å²) in [6, 6.07) is 12.9. The molecule has 8 nitrogen and oxygen atoms in total. The van der Waals surface area contributed by atoms with Gasteiger partial charge in [0.05, 0.1) is 24.8 Å². The highest BCUT2D eigenvalue weighted by molar-refractivity contribution is 5.95. The molecule has 36 heavy (non-hydrogen) atoms. The minimum Gasteiger partial charge on any atom is -0.494 e. The molecule has 1 saturated heterocycles. The Kier molecular flexibility index (Phi) is 8.15. The molecular formula is C28H36N4O4. The number of hydrogen-bond donors (Lipinski definition) is 2. The van der Waals surface area contributed by atoms with E-state index in [2.05, 4.69) is 52.5 Å². The van der Waals surface area contributed by atoms with Crippen LogP contribution in [0.4, 0.5) is 10.5 Å². The summed E-state index contributed by atoms with van der Waals surface area (Å²) in [5, 5.41) is 5.80. The first-order valence-corrected chi connectivity index (χ1v) is 12.6. The molecule has 0 aromatic heterocycles. The van der Waals surface area contributed by atoms with Gasteiger partial charge in [0, 0.05) is 44.1 Å². The lowest BCUT2D eigenvalue weighted by Crippen LogP contribution is -2.52. The molecule has 2 aromatic rings. The van der Waals surface area contributed by atoms with Gasteiger partial charge in [-0.25, -0.2) is 9.59 Å². The number of nitrogens with zero attached hydrogens (tertiary/aromatic N) is 2. The summed E-state index contributed by atoms with van der Waals surface area (Å²) in [5.74, 6) is 0.318. The molecule has 1 atom stereocenters. The van der Waals surface area contributed by atoms with Crippen molar-refractivity contribution in [2.24, 2.45) is 0 Å². The summed E-state index contributed by atoms with van der Waals surface area (Å²) in [4.78, 5) is 30.4. The van der Waals surface area contributed by atoms with Crippen LogP contribution in [0.3, 0.4) is 0 Å². The third-order valence-electron chi connectivity index (χ3n) is 6.84. The SMILES string of the molecule is CCOC(=O)C1=C(CN2CCN(c3cccc(C)c3C)CC2)NC(=O)N[C@@H]1c1ccc(OCC)cc1. The summed E-state index contributed by atoms with van der Waals surface area (Å²) in [7, 11) is 0. The molecular weight excluding hydrogens is 456 g/mol. The van der Waals surface area contributed by atoms with E-state index in [1.54, 1.807) is 6.92 Å². The quantitative estimate of drug-likeness (QED) is 0.547. The minimum absolute atomic E-state index is 0.258. The number of rotatable bonds is 8. The van der Waals surface area contributed by atoms with E-state index in [-0.39, 0.29) is 12.6 Å². The van der Waals surface area contributed by atoms with Gasteiger partial charge in [-0.3, -0.25) is 4.90 Å². The van der Waals surface area contributed by atoms with Gasteiger partial charge in [0.15, 0.2) is 0 Å². The normalized spacial score (nSPS) is 18.5. The van der Waals surface area contributed by atoms with Crippen LogP contribution < -0.4 is 20.3 Å². The molecule has 2 heterocycles. The number of urea groups is 1. The molecule has 2 amide bonds. The van der Waals surface area contributed by atoms with Crippen molar-refractivity contribution in [3.8, 4) is 5.75 Å². The summed E-state index contributed by atoms with van der Waals surface area (Å²) < 4.78 is 11.0. The molecule has 0 unspecified atom stereocenters. The Balaban J connectivity index is 1.55. The lowest BCUT2D eigenvalue weighted by molar-refractivity contribution is -0.139. The lowest BCUT2D eigenvalue weighted by atomic mass is 9.94. The number of ether oxygens (including phenoxy) is 2. The number of anilines is 1. The Bertz CT molecular complexity index is 1120. The predicted octanol–water partition coefficient (Wildman–Crippen LogP) is 3.70. The fourth-order valence-electron chi connectivity index (χ4n) is 4.81. The molecule has 0 radical (unpaired) electrons. The number of amides is 2. The molecule has 2 N–H and O–H groups in total. The molecule has 2 aliphatic rings. The fourth-order valence-corrected chi connectivity index (χ4v) is 4.81. The second kappa shape index (κ2) is 11.5. The number of nitrogens with one attached hydrogen (secondary N) is 2. The molecule has 2 aliphatic heterocycles. The van der Waals surface area contributed by atoms with Crippen molar-refractivity contribution in [3.05, 3.63) is 70.4 Å². The highest BCUT2D eigenvalue weighted by Gasteiger charge is 2.34. The maximum absolute atomic E-state index is 13.1. The molecule has 1 fully saturated rings. The van der Waals surface area contributed by atoms with Crippen molar-refractivity contribution < 1.29 is 19.1 Å². The molecule has 8 heteroatoms. The Labute approximate surface area is 213 Å². The first kappa shape index (κ1) is 25.6. The third kappa shape index (κ3) is 5.65. The van der Waals surface area contributed by atoms with Gasteiger partial charge >= 0.3 is 12.0 Å². The highest BCUT2D eigenvalue weighted by atomic mass is 16.5. The minimum atomic E-state index is -0.597. The van der Waals surface area contributed by atoms with Gasteiger partial charge in [-0.2, -0.15) is 0 Å². The predicted molar refractivity (Wildman–Crippen MR) is 140 cm³/mol. The maximum atomic E-state index is 13.1. The van der Waals surface area contributed by atoms with Crippen molar-refractivity contribution in [3.63, 3.8) is 0 Å². The molecule has 0 saturated carbocycles. The summed E-state index contributed by atoms with van der Waals surface area (Å²) >= 11 is 0. The first-order chi connectivity index (χ1) is 17.4. The van der Waals surface area contributed by atoms with Gasteiger partial charge in [-0.15, -0.1) is 0 Å². The topological polar surface area (TPSA) is 83.1 Å². The van der Waals surface area contributed by atoms with Gasteiger partial charge in [-0.1, -0.05) is 24.3 Å². The van der Waals surface area contributed by atoms with E-state index in [1.165, 1.54) is 16.8 Å². The maximum Gasteiger partial charge on any atom is 0.338 e. The van der Waals surface area contributed by atoms with Crippen LogP contribution in [0.25, 0.3) is 0 Å². The Hall–Kier alpha value is -3.52. The Morgan fingerprint density at radius 3 is 2.39 bits per heavy atom. The van der Waals surface area contributed by atoms with Crippen LogP contribution in [0.2, 0.25) is 0 Å². The van der Waals surface area contributed by atoms with Gasteiger partial charge in [0.1, 0.15) is 5.75 Å². The van der Waals surface area contributed by atoms with E-state index in [1.807, 2.05) is 31.2 Å². The Morgan fingerprint density at radius 1 is 1.00 bits per heavy atom. The number of carbonyl (C=O) groups excluding carboxylic acids is 2. The average molecular weight is 493 g/mol. The second-order valence-corrected chi connectivity index (χ2v) is 9.13. The smallest absolute Gasteiger partial charge is 0.338 e. The fraction of sp³-hybridized carbons (Fsp3) is 0.429. The largest absolute Gasteiger partial charge is 0.494 e. The molecule has 0 bridgehead atoms. The van der Waals surface area contributed by atoms with Crippen molar-refractivity contribution in [2.75, 3.05) is 50.8 Å². The van der Waals surface area contributed by atoms with Gasteiger partial charge < -0.3 is 25.0 Å². The number of hydrogen-bond acceptors (Lipinski definition) is 6. The van der Waals surface area contributed by atoms with Crippen molar-refractivity contribution >= 4 is 17.7 Å². The first-order valence-electron chi connectivity index (χ1n) is 12.6. The molecule has 2 aromatic carbocycles. The number of esters is 1. The van der Waals surface area contributed by atoms with Crippen LogP contribution in [0.1, 0.15) is 36.6 Å². The average Bonchev–Trinajstić information content (AvgIpc) is 2.87. The van der Waals surface area contributed by atoms with Crippen molar-refractivity contribution in [2.45, 2.75) is 33.7 Å². The van der Waals surface area contributed by atoms with Gasteiger partial charge in [-0.05, 0) is 62.6 Å².